The second kappa shape index (κ2) is 5.46. The Morgan fingerprint density at radius 3 is 2.82 bits per heavy atom. The molecule has 0 amide bonds. The van der Waals surface area contributed by atoms with E-state index in [0.717, 1.165) is 13.1 Å². The maximum Gasteiger partial charge on any atom is 0.0954 e. The van der Waals surface area contributed by atoms with Crippen molar-refractivity contribution in [1.29, 1.82) is 0 Å². The molecule has 0 radical (unpaired) electrons. The summed E-state index contributed by atoms with van der Waals surface area (Å²) in [6.07, 6.45) is 1.23. The van der Waals surface area contributed by atoms with Crippen molar-refractivity contribution in [3.05, 3.63) is 16.1 Å². The van der Waals surface area contributed by atoms with E-state index in [-0.39, 0.29) is 0 Å². The van der Waals surface area contributed by atoms with Crippen LogP contribution < -0.4 is 5.73 Å². The Bertz CT molecular complexity index is 359. The van der Waals surface area contributed by atoms with Crippen LogP contribution in [0.5, 0.6) is 0 Å². The maximum absolute atomic E-state index is 5.96. The van der Waals surface area contributed by atoms with Gasteiger partial charge in [0.2, 0.25) is 0 Å². The quantitative estimate of drug-likeness (QED) is 0.896. The lowest BCUT2D eigenvalue weighted by atomic mass is 10.0. The van der Waals surface area contributed by atoms with Gasteiger partial charge in [-0.3, -0.25) is 4.90 Å². The largest absolute Gasteiger partial charge is 0.328 e. The standard InChI is InChI=1S/C13H23N3S/c1-9(2)13-15-12(8-17-13)7-16-5-4-11(6-16)10(3)14/h8-11H,4-7,14H2,1-3H3. The summed E-state index contributed by atoms with van der Waals surface area (Å²) in [6, 6.07) is 0.321. The number of nitrogens with zero attached hydrogens (tertiary/aromatic N) is 2. The first-order chi connectivity index (χ1) is 8.06. The average Bonchev–Trinajstić information content (AvgIpc) is 2.87. The molecular formula is C13H23N3S. The summed E-state index contributed by atoms with van der Waals surface area (Å²) in [4.78, 5) is 7.17. The van der Waals surface area contributed by atoms with E-state index in [1.165, 1.54) is 23.7 Å². The maximum atomic E-state index is 5.96. The fraction of sp³-hybridized carbons (Fsp3) is 0.769. The summed E-state index contributed by atoms with van der Waals surface area (Å²) in [5, 5.41) is 3.46. The molecular weight excluding hydrogens is 230 g/mol. The van der Waals surface area contributed by atoms with Crippen molar-refractivity contribution in [1.82, 2.24) is 9.88 Å². The SMILES string of the molecule is CC(C)c1nc(CN2CCC(C(C)N)C2)cs1. The van der Waals surface area contributed by atoms with Gasteiger partial charge in [0, 0.05) is 30.4 Å². The molecule has 0 bridgehead atoms. The Hall–Kier alpha value is -0.450. The van der Waals surface area contributed by atoms with Gasteiger partial charge in [-0.1, -0.05) is 13.8 Å². The van der Waals surface area contributed by atoms with Crippen LogP contribution in [0.4, 0.5) is 0 Å². The van der Waals surface area contributed by atoms with Crippen molar-refractivity contribution in [3.8, 4) is 0 Å². The van der Waals surface area contributed by atoms with Crippen LogP contribution in [-0.2, 0) is 6.54 Å². The topological polar surface area (TPSA) is 42.2 Å². The highest BCUT2D eigenvalue weighted by molar-refractivity contribution is 7.09. The van der Waals surface area contributed by atoms with E-state index in [2.05, 4.69) is 36.0 Å². The monoisotopic (exact) mass is 253 g/mol. The van der Waals surface area contributed by atoms with Crippen LogP contribution in [0.1, 0.15) is 43.8 Å². The van der Waals surface area contributed by atoms with Gasteiger partial charge < -0.3 is 5.73 Å². The minimum atomic E-state index is 0.321. The number of nitrogens with two attached hydrogens (primary N) is 1. The van der Waals surface area contributed by atoms with Crippen molar-refractivity contribution in [2.75, 3.05) is 13.1 Å². The Balaban J connectivity index is 1.89. The van der Waals surface area contributed by atoms with E-state index in [1.807, 2.05) is 0 Å². The van der Waals surface area contributed by atoms with Gasteiger partial charge in [-0.2, -0.15) is 0 Å². The van der Waals surface area contributed by atoms with Gasteiger partial charge in [-0.15, -0.1) is 11.3 Å². The average molecular weight is 253 g/mol. The molecule has 1 fully saturated rings. The molecule has 0 aliphatic carbocycles. The van der Waals surface area contributed by atoms with Crippen molar-refractivity contribution < 1.29 is 0 Å². The lowest BCUT2D eigenvalue weighted by Crippen LogP contribution is -2.29. The van der Waals surface area contributed by atoms with Gasteiger partial charge in [0.15, 0.2) is 0 Å². The van der Waals surface area contributed by atoms with Crippen molar-refractivity contribution in [2.24, 2.45) is 11.7 Å². The number of thiazole rings is 1. The highest BCUT2D eigenvalue weighted by atomic mass is 32.1. The van der Waals surface area contributed by atoms with Gasteiger partial charge >= 0.3 is 0 Å². The third-order valence-corrected chi connectivity index (χ3v) is 4.70. The smallest absolute Gasteiger partial charge is 0.0954 e. The first-order valence-corrected chi connectivity index (χ1v) is 7.36. The first kappa shape index (κ1) is 13.0. The van der Waals surface area contributed by atoms with E-state index in [9.17, 15) is 0 Å². The predicted octanol–water partition coefficient (Wildman–Crippen LogP) is 2.44. The molecule has 2 N–H and O–H groups in total. The summed E-state index contributed by atoms with van der Waals surface area (Å²) >= 11 is 1.79. The van der Waals surface area contributed by atoms with Crippen LogP contribution in [0.2, 0.25) is 0 Å². The van der Waals surface area contributed by atoms with Crippen molar-refractivity contribution in [3.63, 3.8) is 0 Å². The Kier molecular flexibility index (Phi) is 4.17. The Morgan fingerprint density at radius 1 is 1.53 bits per heavy atom. The fourth-order valence-electron chi connectivity index (χ4n) is 2.32. The third-order valence-electron chi connectivity index (χ3n) is 3.50. The van der Waals surface area contributed by atoms with Gasteiger partial charge in [-0.25, -0.2) is 4.98 Å². The molecule has 1 aliphatic heterocycles. The zero-order valence-corrected chi connectivity index (χ0v) is 11.8. The highest BCUT2D eigenvalue weighted by Gasteiger charge is 2.25. The minimum Gasteiger partial charge on any atom is -0.328 e. The van der Waals surface area contributed by atoms with Crippen LogP contribution in [-0.4, -0.2) is 29.0 Å². The molecule has 17 heavy (non-hydrogen) atoms. The zero-order chi connectivity index (χ0) is 12.4. The molecule has 0 saturated carbocycles. The summed E-state index contributed by atoms with van der Waals surface area (Å²) in [6.45, 7) is 9.81. The molecule has 1 aromatic heterocycles. The van der Waals surface area contributed by atoms with Crippen LogP contribution in [0, 0.1) is 5.92 Å². The molecule has 3 nitrogen and oxygen atoms in total. The molecule has 2 unspecified atom stereocenters. The van der Waals surface area contributed by atoms with Crippen LogP contribution in [0.15, 0.2) is 5.38 Å². The van der Waals surface area contributed by atoms with Gasteiger partial charge in [-0.05, 0) is 25.8 Å². The number of rotatable bonds is 4. The fourth-order valence-corrected chi connectivity index (χ4v) is 3.15. The van der Waals surface area contributed by atoms with Crippen LogP contribution in [0.25, 0.3) is 0 Å². The molecule has 96 valence electrons. The lowest BCUT2D eigenvalue weighted by Gasteiger charge is -2.16. The molecule has 4 heteroatoms. The summed E-state index contributed by atoms with van der Waals surface area (Å²) in [5.74, 6) is 1.21. The normalized spacial score (nSPS) is 23.5. The molecule has 1 aromatic rings. The summed E-state index contributed by atoms with van der Waals surface area (Å²) < 4.78 is 0. The number of likely N-dealkylation sites (tertiary alicyclic amines) is 1. The number of hydrogen-bond donors (Lipinski definition) is 1. The van der Waals surface area contributed by atoms with Gasteiger partial charge in [0.25, 0.3) is 0 Å². The molecule has 2 heterocycles. The predicted molar refractivity (Wildman–Crippen MR) is 73.2 cm³/mol. The molecule has 0 aromatic carbocycles. The van der Waals surface area contributed by atoms with Crippen LogP contribution in [0.3, 0.4) is 0 Å². The minimum absolute atomic E-state index is 0.321. The zero-order valence-electron chi connectivity index (χ0n) is 11.0. The third kappa shape index (κ3) is 3.27. The van der Waals surface area contributed by atoms with Crippen molar-refractivity contribution in [2.45, 2.75) is 45.7 Å². The lowest BCUT2D eigenvalue weighted by molar-refractivity contribution is 0.305. The first-order valence-electron chi connectivity index (χ1n) is 6.48. The highest BCUT2D eigenvalue weighted by Crippen LogP contribution is 2.23. The Labute approximate surface area is 108 Å². The second-order valence-electron chi connectivity index (χ2n) is 5.47. The molecule has 1 aliphatic rings. The van der Waals surface area contributed by atoms with E-state index in [0.29, 0.717) is 17.9 Å². The van der Waals surface area contributed by atoms with Crippen molar-refractivity contribution >= 4 is 11.3 Å². The van der Waals surface area contributed by atoms with E-state index in [1.54, 1.807) is 11.3 Å². The summed E-state index contributed by atoms with van der Waals surface area (Å²) in [5.41, 5.74) is 7.18. The van der Waals surface area contributed by atoms with E-state index < -0.39 is 0 Å². The molecule has 2 rings (SSSR count). The number of aromatic nitrogens is 1. The van der Waals surface area contributed by atoms with Gasteiger partial charge in [0.1, 0.15) is 0 Å². The van der Waals surface area contributed by atoms with Gasteiger partial charge in [0.05, 0.1) is 10.7 Å². The molecule has 0 spiro atoms. The second-order valence-corrected chi connectivity index (χ2v) is 6.36. The summed E-state index contributed by atoms with van der Waals surface area (Å²) in [7, 11) is 0. The number of hydrogen-bond acceptors (Lipinski definition) is 4. The Morgan fingerprint density at radius 2 is 2.29 bits per heavy atom. The van der Waals surface area contributed by atoms with E-state index >= 15 is 0 Å². The van der Waals surface area contributed by atoms with Crippen LogP contribution >= 0.6 is 11.3 Å². The molecule has 1 saturated heterocycles. The molecule has 2 atom stereocenters. The van der Waals surface area contributed by atoms with E-state index in [4.69, 9.17) is 5.73 Å².